The summed E-state index contributed by atoms with van der Waals surface area (Å²) in [4.78, 5) is 14.8. The van der Waals surface area contributed by atoms with Gasteiger partial charge in [-0.25, -0.2) is 15.0 Å². The van der Waals surface area contributed by atoms with Crippen molar-refractivity contribution >= 4 is 21.5 Å². The Kier molecular flexibility index (Phi) is 6.09. The lowest BCUT2D eigenvalue weighted by atomic mass is 9.96. The minimum absolute atomic E-state index is 0.0462. The van der Waals surface area contributed by atoms with E-state index in [9.17, 15) is 0 Å². The van der Waals surface area contributed by atoms with Crippen molar-refractivity contribution in [1.29, 1.82) is 0 Å². The van der Waals surface area contributed by atoms with Crippen LogP contribution >= 0.6 is 0 Å². The van der Waals surface area contributed by atoms with Crippen LogP contribution in [0.1, 0.15) is 11.1 Å². The molecule has 1 aliphatic carbocycles. The van der Waals surface area contributed by atoms with Crippen LogP contribution in [0, 0.1) is 0 Å². The highest BCUT2D eigenvalue weighted by atomic mass is 19.3. The summed E-state index contributed by atoms with van der Waals surface area (Å²) >= 11 is 0. The third kappa shape index (κ3) is 4.59. The van der Waals surface area contributed by atoms with Crippen molar-refractivity contribution in [2.24, 2.45) is 0 Å². The Morgan fingerprint density at radius 3 is 1.57 bits per heavy atom. The van der Waals surface area contributed by atoms with Gasteiger partial charge in [-0.2, -0.15) is 8.78 Å². The fourth-order valence-corrected chi connectivity index (χ4v) is 6.60. The van der Waals surface area contributed by atoms with Crippen LogP contribution in [0.25, 0.3) is 78.0 Å². The molecule has 0 amide bonds. The van der Waals surface area contributed by atoms with Crippen molar-refractivity contribution in [3.8, 4) is 56.4 Å². The highest BCUT2D eigenvalue weighted by molar-refractivity contribution is 5.92. The van der Waals surface area contributed by atoms with Gasteiger partial charge in [0.25, 0.3) is 5.92 Å². The highest BCUT2D eigenvalue weighted by Crippen LogP contribution is 2.51. The van der Waals surface area contributed by atoms with E-state index in [2.05, 4.69) is 30.3 Å². The van der Waals surface area contributed by atoms with Crippen LogP contribution in [0.2, 0.25) is 0 Å². The zero-order chi connectivity index (χ0) is 31.5. The predicted molar refractivity (Wildman–Crippen MR) is 185 cm³/mol. The standard InChI is InChI=1S/C42H25F2N3/c43-42(44)37-13-7-6-12-35(37)36-21-20-31(25-38(36)42)30-17-14-27-16-19-33(24-34(27)23-30)41-46-39(28-9-2-1-3-10-28)45-40(47-41)32-18-15-26-8-4-5-11-29(26)22-32/h1-25H. The first-order valence-corrected chi connectivity index (χ1v) is 15.5. The SMILES string of the molecule is FC1(F)c2ccccc2-c2ccc(-c3ccc4ccc(-c5nc(-c6ccccc6)nc(-c6ccc7ccccc7c6)n5)cc4c3)cc21. The number of nitrogens with zero attached hydrogens (tertiary/aromatic N) is 3. The maximum Gasteiger partial charge on any atom is 0.299 e. The molecule has 0 radical (unpaired) electrons. The Bertz CT molecular complexity index is 2510. The van der Waals surface area contributed by atoms with Gasteiger partial charge in [0.05, 0.1) is 0 Å². The molecule has 1 aliphatic rings. The van der Waals surface area contributed by atoms with E-state index in [1.54, 1.807) is 24.3 Å². The Labute approximate surface area is 269 Å². The summed E-state index contributed by atoms with van der Waals surface area (Å²) in [5, 5.41) is 4.25. The molecule has 0 bridgehead atoms. The summed E-state index contributed by atoms with van der Waals surface area (Å²) in [6.07, 6.45) is 0. The van der Waals surface area contributed by atoms with Crippen LogP contribution in [-0.2, 0) is 5.92 Å². The smallest absolute Gasteiger partial charge is 0.208 e. The highest BCUT2D eigenvalue weighted by Gasteiger charge is 2.44. The fourth-order valence-electron chi connectivity index (χ4n) is 6.60. The Balaban J connectivity index is 1.15. The number of halogens is 2. The number of fused-ring (bicyclic) bond motifs is 5. The van der Waals surface area contributed by atoms with Crippen molar-refractivity contribution in [3.05, 3.63) is 163 Å². The summed E-state index contributed by atoms with van der Waals surface area (Å²) in [7, 11) is 0. The molecule has 0 N–H and O–H groups in total. The van der Waals surface area contributed by atoms with E-state index >= 15 is 8.78 Å². The molecular formula is C42H25F2N3. The van der Waals surface area contributed by atoms with Gasteiger partial charge < -0.3 is 0 Å². The molecule has 8 aromatic rings. The molecule has 1 aromatic heterocycles. The minimum atomic E-state index is -3.04. The summed E-state index contributed by atoms with van der Waals surface area (Å²) in [5.41, 5.74) is 5.54. The number of benzene rings is 7. The molecule has 47 heavy (non-hydrogen) atoms. The Morgan fingerprint density at radius 2 is 0.830 bits per heavy atom. The van der Waals surface area contributed by atoms with Gasteiger partial charge in [0.1, 0.15) is 0 Å². The quantitative estimate of drug-likeness (QED) is 0.199. The van der Waals surface area contributed by atoms with E-state index < -0.39 is 5.92 Å². The first kappa shape index (κ1) is 27.3. The van der Waals surface area contributed by atoms with Crippen molar-refractivity contribution in [1.82, 2.24) is 15.0 Å². The van der Waals surface area contributed by atoms with Crippen LogP contribution in [0.5, 0.6) is 0 Å². The van der Waals surface area contributed by atoms with Gasteiger partial charge in [-0.05, 0) is 68.1 Å². The first-order valence-electron chi connectivity index (χ1n) is 15.5. The minimum Gasteiger partial charge on any atom is -0.208 e. The fraction of sp³-hybridized carbons (Fsp3) is 0.0238. The number of alkyl halides is 2. The normalized spacial score (nSPS) is 13.1. The molecule has 1 heterocycles. The maximum absolute atomic E-state index is 15.5. The van der Waals surface area contributed by atoms with Gasteiger partial charge in [0, 0.05) is 27.8 Å². The Morgan fingerprint density at radius 1 is 0.340 bits per heavy atom. The van der Waals surface area contributed by atoms with Gasteiger partial charge in [0.15, 0.2) is 17.5 Å². The second-order valence-corrected chi connectivity index (χ2v) is 11.9. The van der Waals surface area contributed by atoms with Crippen molar-refractivity contribution in [2.75, 3.05) is 0 Å². The van der Waals surface area contributed by atoms with Gasteiger partial charge >= 0.3 is 0 Å². The van der Waals surface area contributed by atoms with Crippen LogP contribution < -0.4 is 0 Å². The van der Waals surface area contributed by atoms with E-state index in [4.69, 9.17) is 15.0 Å². The summed E-state index contributed by atoms with van der Waals surface area (Å²) in [5.74, 6) is -1.30. The Hall–Kier alpha value is -6.07. The maximum atomic E-state index is 15.5. The molecule has 3 nitrogen and oxygen atoms in total. The second-order valence-electron chi connectivity index (χ2n) is 11.9. The number of hydrogen-bond acceptors (Lipinski definition) is 3. The number of aromatic nitrogens is 3. The topological polar surface area (TPSA) is 38.7 Å². The van der Waals surface area contributed by atoms with E-state index in [1.807, 2.05) is 91.0 Å². The van der Waals surface area contributed by atoms with Crippen molar-refractivity contribution in [3.63, 3.8) is 0 Å². The molecular weight excluding hydrogens is 584 g/mol. The van der Waals surface area contributed by atoms with E-state index in [0.29, 0.717) is 28.6 Å². The molecule has 0 atom stereocenters. The summed E-state index contributed by atoms with van der Waals surface area (Å²) in [6.45, 7) is 0. The molecule has 0 aliphatic heterocycles. The lowest BCUT2D eigenvalue weighted by Crippen LogP contribution is -2.10. The monoisotopic (exact) mass is 609 g/mol. The average molecular weight is 610 g/mol. The van der Waals surface area contributed by atoms with Gasteiger partial charge in [0.2, 0.25) is 0 Å². The molecule has 0 spiro atoms. The zero-order valence-corrected chi connectivity index (χ0v) is 25.0. The molecule has 7 aromatic carbocycles. The van der Waals surface area contributed by atoms with Crippen LogP contribution in [0.3, 0.4) is 0 Å². The molecule has 0 fully saturated rings. The van der Waals surface area contributed by atoms with Crippen LogP contribution in [-0.4, -0.2) is 15.0 Å². The van der Waals surface area contributed by atoms with Gasteiger partial charge in [-0.1, -0.05) is 127 Å². The summed E-state index contributed by atoms with van der Waals surface area (Å²) < 4.78 is 31.0. The van der Waals surface area contributed by atoms with Crippen molar-refractivity contribution < 1.29 is 8.78 Å². The van der Waals surface area contributed by atoms with Crippen LogP contribution in [0.4, 0.5) is 8.78 Å². The van der Waals surface area contributed by atoms with E-state index in [-0.39, 0.29) is 11.1 Å². The van der Waals surface area contributed by atoms with E-state index in [0.717, 1.165) is 49.4 Å². The zero-order valence-electron chi connectivity index (χ0n) is 25.0. The number of hydrogen-bond donors (Lipinski definition) is 0. The molecule has 5 heteroatoms. The number of rotatable bonds is 4. The lowest BCUT2D eigenvalue weighted by molar-refractivity contribution is 0.0480. The van der Waals surface area contributed by atoms with Gasteiger partial charge in [-0.15, -0.1) is 0 Å². The molecule has 0 unspecified atom stereocenters. The van der Waals surface area contributed by atoms with Crippen molar-refractivity contribution in [2.45, 2.75) is 5.92 Å². The third-order valence-corrected chi connectivity index (χ3v) is 9.02. The average Bonchev–Trinajstić information content (AvgIpc) is 3.36. The third-order valence-electron chi connectivity index (χ3n) is 9.02. The second kappa shape index (κ2) is 10.5. The molecule has 9 rings (SSSR count). The lowest BCUT2D eigenvalue weighted by Gasteiger charge is -2.13. The first-order chi connectivity index (χ1) is 23.0. The largest absolute Gasteiger partial charge is 0.299 e. The van der Waals surface area contributed by atoms with Crippen LogP contribution in [0.15, 0.2) is 152 Å². The summed E-state index contributed by atoms with van der Waals surface area (Å²) in [6, 6.07) is 48.7. The molecule has 0 saturated carbocycles. The predicted octanol–water partition coefficient (Wildman–Crippen LogP) is 11.0. The molecule has 0 saturated heterocycles. The van der Waals surface area contributed by atoms with Gasteiger partial charge in [-0.3, -0.25) is 0 Å². The molecule has 222 valence electrons. The van der Waals surface area contributed by atoms with E-state index in [1.165, 1.54) is 6.07 Å².